The summed E-state index contributed by atoms with van der Waals surface area (Å²) in [6, 6.07) is 12.1. The molecule has 2 atom stereocenters. The van der Waals surface area contributed by atoms with E-state index in [1.54, 1.807) is 19.1 Å². The Balaban J connectivity index is 2.37. The third-order valence-electron chi connectivity index (χ3n) is 5.88. The van der Waals surface area contributed by atoms with Crippen LogP contribution >= 0.6 is 15.9 Å². The smallest absolute Gasteiger partial charge is 0.181 e. The van der Waals surface area contributed by atoms with Gasteiger partial charge in [-0.15, -0.1) is 0 Å². The highest BCUT2D eigenvalue weighted by Crippen LogP contribution is 2.47. The van der Waals surface area contributed by atoms with E-state index in [1.807, 2.05) is 37.3 Å². The van der Waals surface area contributed by atoms with Crippen LogP contribution in [0.2, 0.25) is 0 Å². The fraction of sp³-hybridized carbons (Fsp3) is 0.391. The SMILES string of the molecule is C=C(C)[C@@]1(CCCC)CS(=O)(=O)c2cc(OC)c(Br)cc2[C@@H](c2ccccc2)N1O. The quantitative estimate of drug-likeness (QED) is 0.535. The number of ether oxygens (including phenoxy) is 1. The van der Waals surface area contributed by atoms with Crippen LogP contribution in [0.4, 0.5) is 0 Å². The van der Waals surface area contributed by atoms with Crippen LogP contribution in [-0.2, 0) is 9.84 Å². The van der Waals surface area contributed by atoms with Gasteiger partial charge in [-0.05, 0) is 46.5 Å². The van der Waals surface area contributed by atoms with Gasteiger partial charge in [0.25, 0.3) is 0 Å². The summed E-state index contributed by atoms with van der Waals surface area (Å²) in [4.78, 5) is 0.176. The van der Waals surface area contributed by atoms with E-state index in [4.69, 9.17) is 4.74 Å². The molecule has 0 bridgehead atoms. The highest BCUT2D eigenvalue weighted by atomic mass is 79.9. The Morgan fingerprint density at radius 3 is 2.57 bits per heavy atom. The van der Waals surface area contributed by atoms with Gasteiger partial charge in [-0.25, -0.2) is 8.42 Å². The third-order valence-corrected chi connectivity index (χ3v) is 8.38. The van der Waals surface area contributed by atoms with Gasteiger partial charge in [0.2, 0.25) is 0 Å². The van der Waals surface area contributed by atoms with Crippen LogP contribution in [0.1, 0.15) is 50.3 Å². The molecule has 3 rings (SSSR count). The molecule has 0 fully saturated rings. The molecule has 7 heteroatoms. The number of unbranched alkanes of at least 4 members (excludes halogenated alkanes) is 1. The van der Waals surface area contributed by atoms with Gasteiger partial charge in [0, 0.05) is 6.07 Å². The molecular formula is C23H28BrNO4S. The predicted octanol–water partition coefficient (Wildman–Crippen LogP) is 5.53. The summed E-state index contributed by atoms with van der Waals surface area (Å²) >= 11 is 3.48. The average molecular weight is 494 g/mol. The van der Waals surface area contributed by atoms with Gasteiger partial charge in [-0.3, -0.25) is 0 Å². The molecule has 0 aliphatic carbocycles. The predicted molar refractivity (Wildman–Crippen MR) is 122 cm³/mol. The zero-order chi connectivity index (χ0) is 22.1. The highest BCUT2D eigenvalue weighted by Gasteiger charge is 2.49. The Hall–Kier alpha value is -1.67. The minimum absolute atomic E-state index is 0.176. The number of hydrogen-bond donors (Lipinski definition) is 1. The van der Waals surface area contributed by atoms with Crippen molar-refractivity contribution in [3.63, 3.8) is 0 Å². The molecule has 30 heavy (non-hydrogen) atoms. The Morgan fingerprint density at radius 1 is 1.33 bits per heavy atom. The Kier molecular flexibility index (Phi) is 6.77. The average Bonchev–Trinajstić information content (AvgIpc) is 2.78. The molecule has 1 N–H and O–H groups in total. The lowest BCUT2D eigenvalue weighted by Gasteiger charge is -2.43. The normalized spacial score (nSPS) is 23.4. The number of sulfone groups is 1. The van der Waals surface area contributed by atoms with Gasteiger partial charge in [0.1, 0.15) is 5.75 Å². The first-order chi connectivity index (χ1) is 14.2. The first kappa shape index (κ1) is 23.0. The number of halogens is 1. The Morgan fingerprint density at radius 2 is 2.00 bits per heavy atom. The van der Waals surface area contributed by atoms with E-state index in [0.717, 1.165) is 18.4 Å². The van der Waals surface area contributed by atoms with Gasteiger partial charge in [-0.1, -0.05) is 62.2 Å². The van der Waals surface area contributed by atoms with E-state index >= 15 is 0 Å². The summed E-state index contributed by atoms with van der Waals surface area (Å²) in [6.45, 7) is 7.94. The van der Waals surface area contributed by atoms with Crippen molar-refractivity contribution in [2.24, 2.45) is 0 Å². The number of hydrogen-bond acceptors (Lipinski definition) is 5. The lowest BCUT2D eigenvalue weighted by Crippen LogP contribution is -2.52. The third kappa shape index (κ3) is 3.96. The maximum atomic E-state index is 13.6. The van der Waals surface area contributed by atoms with Crippen molar-refractivity contribution in [3.8, 4) is 5.75 Å². The molecule has 0 spiro atoms. The molecule has 5 nitrogen and oxygen atoms in total. The van der Waals surface area contributed by atoms with Crippen LogP contribution in [0.5, 0.6) is 5.75 Å². The molecule has 0 aromatic heterocycles. The van der Waals surface area contributed by atoms with E-state index in [2.05, 4.69) is 22.5 Å². The maximum absolute atomic E-state index is 13.6. The monoisotopic (exact) mass is 493 g/mol. The second kappa shape index (κ2) is 8.83. The molecule has 0 amide bonds. The first-order valence-corrected chi connectivity index (χ1v) is 12.4. The summed E-state index contributed by atoms with van der Waals surface area (Å²) in [5, 5.41) is 12.9. The van der Waals surface area contributed by atoms with Crippen LogP contribution < -0.4 is 4.74 Å². The summed E-state index contributed by atoms with van der Waals surface area (Å²) in [6.07, 6.45) is 2.14. The topological polar surface area (TPSA) is 66.8 Å². The number of methoxy groups -OCH3 is 1. The number of nitrogens with zero attached hydrogens (tertiary/aromatic N) is 1. The van der Waals surface area contributed by atoms with Gasteiger partial charge < -0.3 is 9.94 Å². The number of rotatable bonds is 6. The summed E-state index contributed by atoms with van der Waals surface area (Å²) < 4.78 is 33.3. The van der Waals surface area contributed by atoms with E-state index < -0.39 is 21.4 Å². The molecule has 1 aliphatic rings. The van der Waals surface area contributed by atoms with Crippen LogP contribution in [-0.4, -0.2) is 37.1 Å². The number of fused-ring (bicyclic) bond motifs is 1. The van der Waals surface area contributed by atoms with Crippen molar-refractivity contribution in [2.45, 2.75) is 49.6 Å². The van der Waals surface area contributed by atoms with E-state index in [1.165, 1.54) is 12.2 Å². The van der Waals surface area contributed by atoms with E-state index in [-0.39, 0.29) is 10.6 Å². The minimum atomic E-state index is -3.75. The Labute approximate surface area is 187 Å². The van der Waals surface area contributed by atoms with Crippen LogP contribution in [0.15, 0.2) is 64.0 Å². The second-order valence-corrected chi connectivity index (χ2v) is 10.7. The maximum Gasteiger partial charge on any atom is 0.181 e. The molecule has 0 saturated heterocycles. The first-order valence-electron chi connectivity index (χ1n) is 9.97. The van der Waals surface area contributed by atoms with Gasteiger partial charge >= 0.3 is 0 Å². The van der Waals surface area contributed by atoms with Crippen molar-refractivity contribution in [1.29, 1.82) is 0 Å². The van der Waals surface area contributed by atoms with E-state index in [0.29, 0.717) is 27.8 Å². The summed E-state index contributed by atoms with van der Waals surface area (Å²) in [5.74, 6) is 0.192. The standard InChI is InChI=1S/C23H28BrNO4S/c1-5-6-12-23(16(2)3)15-30(27,28)21-14-20(29-4)19(24)13-18(21)22(25(23)26)17-10-8-7-9-11-17/h7-11,13-14,22,26H,2,5-6,12,15H2,1,3-4H3/t22-,23-/m1/s1. The van der Waals surface area contributed by atoms with Crippen molar-refractivity contribution in [1.82, 2.24) is 5.06 Å². The van der Waals surface area contributed by atoms with Crippen LogP contribution in [0.25, 0.3) is 0 Å². The molecule has 2 aromatic carbocycles. The second-order valence-electron chi connectivity index (χ2n) is 7.86. The van der Waals surface area contributed by atoms with Gasteiger partial charge in [0.05, 0.1) is 33.8 Å². The highest BCUT2D eigenvalue weighted by molar-refractivity contribution is 9.10. The molecule has 162 valence electrons. The van der Waals surface area contributed by atoms with Crippen molar-refractivity contribution >= 4 is 25.8 Å². The number of hydroxylamine groups is 2. The zero-order valence-corrected chi connectivity index (χ0v) is 20.0. The van der Waals surface area contributed by atoms with E-state index in [9.17, 15) is 13.6 Å². The van der Waals surface area contributed by atoms with Crippen molar-refractivity contribution in [3.05, 3.63) is 70.2 Å². The van der Waals surface area contributed by atoms with Crippen molar-refractivity contribution < 1.29 is 18.4 Å². The largest absolute Gasteiger partial charge is 0.496 e. The molecule has 1 aliphatic heterocycles. The van der Waals surface area contributed by atoms with Gasteiger partial charge in [-0.2, -0.15) is 5.06 Å². The molecule has 0 unspecified atom stereocenters. The zero-order valence-electron chi connectivity index (χ0n) is 17.6. The molecule has 0 radical (unpaired) electrons. The van der Waals surface area contributed by atoms with Gasteiger partial charge in [0.15, 0.2) is 9.84 Å². The van der Waals surface area contributed by atoms with Crippen LogP contribution in [0, 0.1) is 0 Å². The number of benzene rings is 2. The fourth-order valence-corrected chi connectivity index (χ4v) is 6.82. The lowest BCUT2D eigenvalue weighted by molar-refractivity contribution is -0.179. The van der Waals surface area contributed by atoms with Crippen molar-refractivity contribution in [2.75, 3.05) is 12.9 Å². The molecule has 0 saturated carbocycles. The summed E-state index contributed by atoms with van der Waals surface area (Å²) in [5.41, 5.74) is 0.837. The lowest BCUT2D eigenvalue weighted by atomic mass is 9.84. The summed E-state index contributed by atoms with van der Waals surface area (Å²) in [7, 11) is -2.25. The fourth-order valence-electron chi connectivity index (χ4n) is 4.17. The molecule has 1 heterocycles. The minimum Gasteiger partial charge on any atom is -0.496 e. The molecular weight excluding hydrogens is 466 g/mol. The van der Waals surface area contributed by atoms with Crippen LogP contribution in [0.3, 0.4) is 0 Å². The Bertz CT molecular complexity index is 1040. The molecule has 2 aromatic rings.